The lowest BCUT2D eigenvalue weighted by Crippen LogP contribution is -2.02. The molecule has 1 aromatic carbocycles. The third-order valence-electron chi connectivity index (χ3n) is 2.25. The van der Waals surface area contributed by atoms with E-state index in [9.17, 15) is 4.39 Å². The summed E-state index contributed by atoms with van der Waals surface area (Å²) in [4.78, 5) is 8.18. The fraction of sp³-hybridized carbons (Fsp3) is 0.273. The SMILES string of the molecule is CC(C)c1nc(N)nc2cc(F)ccc12. The molecule has 15 heavy (non-hydrogen) atoms. The van der Waals surface area contributed by atoms with Crippen LogP contribution >= 0.6 is 0 Å². The second kappa shape index (κ2) is 3.46. The van der Waals surface area contributed by atoms with Gasteiger partial charge in [0.25, 0.3) is 0 Å². The highest BCUT2D eigenvalue weighted by atomic mass is 19.1. The Labute approximate surface area is 87.2 Å². The second-order valence-electron chi connectivity index (χ2n) is 3.78. The van der Waals surface area contributed by atoms with E-state index < -0.39 is 0 Å². The van der Waals surface area contributed by atoms with E-state index in [0.717, 1.165) is 11.1 Å². The van der Waals surface area contributed by atoms with Crippen LogP contribution < -0.4 is 5.73 Å². The lowest BCUT2D eigenvalue weighted by Gasteiger charge is -2.09. The number of halogens is 1. The molecule has 0 radical (unpaired) electrons. The van der Waals surface area contributed by atoms with Crippen molar-refractivity contribution >= 4 is 16.9 Å². The molecule has 0 unspecified atom stereocenters. The molecule has 2 N–H and O–H groups in total. The average Bonchev–Trinajstić information content (AvgIpc) is 2.15. The Morgan fingerprint density at radius 1 is 1.27 bits per heavy atom. The van der Waals surface area contributed by atoms with Gasteiger partial charge in [-0.3, -0.25) is 0 Å². The Morgan fingerprint density at radius 2 is 2.00 bits per heavy atom. The zero-order chi connectivity index (χ0) is 11.0. The number of nitrogen functional groups attached to an aromatic ring is 1. The first-order valence-electron chi connectivity index (χ1n) is 4.80. The van der Waals surface area contributed by atoms with E-state index in [1.807, 2.05) is 13.8 Å². The lowest BCUT2D eigenvalue weighted by molar-refractivity contribution is 0.629. The van der Waals surface area contributed by atoms with Crippen molar-refractivity contribution in [1.29, 1.82) is 0 Å². The van der Waals surface area contributed by atoms with Crippen LogP contribution in [0, 0.1) is 5.82 Å². The Balaban J connectivity index is 2.80. The van der Waals surface area contributed by atoms with Gasteiger partial charge in [-0.15, -0.1) is 0 Å². The van der Waals surface area contributed by atoms with Crippen LogP contribution in [0.2, 0.25) is 0 Å². The quantitative estimate of drug-likeness (QED) is 0.778. The number of aromatic nitrogens is 2. The zero-order valence-electron chi connectivity index (χ0n) is 8.66. The van der Waals surface area contributed by atoms with Gasteiger partial charge in [0.05, 0.1) is 11.2 Å². The largest absolute Gasteiger partial charge is 0.368 e. The van der Waals surface area contributed by atoms with Crippen LogP contribution in [-0.2, 0) is 0 Å². The summed E-state index contributed by atoms with van der Waals surface area (Å²) < 4.78 is 13.0. The van der Waals surface area contributed by atoms with Crippen molar-refractivity contribution in [3.63, 3.8) is 0 Å². The van der Waals surface area contributed by atoms with Crippen LogP contribution in [0.5, 0.6) is 0 Å². The molecular formula is C11H12FN3. The maximum absolute atomic E-state index is 13.0. The molecule has 78 valence electrons. The van der Waals surface area contributed by atoms with Crippen LogP contribution in [0.15, 0.2) is 18.2 Å². The molecule has 0 aliphatic heterocycles. The number of fused-ring (bicyclic) bond motifs is 1. The highest BCUT2D eigenvalue weighted by molar-refractivity contribution is 5.82. The van der Waals surface area contributed by atoms with E-state index in [4.69, 9.17) is 5.73 Å². The highest BCUT2D eigenvalue weighted by Crippen LogP contribution is 2.23. The van der Waals surface area contributed by atoms with Gasteiger partial charge in [0, 0.05) is 11.5 Å². The molecule has 4 heteroatoms. The summed E-state index contributed by atoms with van der Waals surface area (Å²) in [7, 11) is 0. The first-order valence-corrected chi connectivity index (χ1v) is 4.80. The fourth-order valence-corrected chi connectivity index (χ4v) is 1.59. The van der Waals surface area contributed by atoms with Crippen molar-refractivity contribution in [3.8, 4) is 0 Å². The summed E-state index contributed by atoms with van der Waals surface area (Å²) >= 11 is 0. The number of hydrogen-bond acceptors (Lipinski definition) is 3. The molecule has 0 spiro atoms. The molecular weight excluding hydrogens is 193 g/mol. The summed E-state index contributed by atoms with van der Waals surface area (Å²) in [5.41, 5.74) is 6.99. The van der Waals surface area contributed by atoms with Crippen molar-refractivity contribution < 1.29 is 4.39 Å². The van der Waals surface area contributed by atoms with Crippen LogP contribution in [0.4, 0.5) is 10.3 Å². The maximum Gasteiger partial charge on any atom is 0.220 e. The molecule has 2 rings (SSSR count). The topological polar surface area (TPSA) is 51.8 Å². The molecule has 0 bridgehead atoms. The predicted molar refractivity (Wildman–Crippen MR) is 58.0 cm³/mol. The Morgan fingerprint density at radius 3 is 2.67 bits per heavy atom. The Kier molecular flexibility index (Phi) is 2.26. The van der Waals surface area contributed by atoms with Crippen molar-refractivity contribution in [2.75, 3.05) is 5.73 Å². The molecule has 0 saturated carbocycles. The van der Waals surface area contributed by atoms with E-state index >= 15 is 0 Å². The minimum absolute atomic E-state index is 0.191. The van der Waals surface area contributed by atoms with E-state index in [1.165, 1.54) is 12.1 Å². The van der Waals surface area contributed by atoms with E-state index in [2.05, 4.69) is 9.97 Å². The highest BCUT2D eigenvalue weighted by Gasteiger charge is 2.09. The number of hydrogen-bond donors (Lipinski definition) is 1. The monoisotopic (exact) mass is 205 g/mol. The van der Waals surface area contributed by atoms with Gasteiger partial charge in [-0.1, -0.05) is 13.8 Å². The molecule has 0 aliphatic carbocycles. The van der Waals surface area contributed by atoms with Gasteiger partial charge in [0.15, 0.2) is 0 Å². The predicted octanol–water partition coefficient (Wildman–Crippen LogP) is 2.47. The normalized spacial score (nSPS) is 11.2. The summed E-state index contributed by atoms with van der Waals surface area (Å²) in [5, 5.41) is 0.862. The Bertz CT molecular complexity index is 503. The van der Waals surface area contributed by atoms with Gasteiger partial charge in [-0.25, -0.2) is 14.4 Å². The average molecular weight is 205 g/mol. The van der Waals surface area contributed by atoms with E-state index in [-0.39, 0.29) is 17.7 Å². The summed E-state index contributed by atoms with van der Waals surface area (Å²) in [6.45, 7) is 4.04. The molecule has 1 heterocycles. The summed E-state index contributed by atoms with van der Waals surface area (Å²) in [6.07, 6.45) is 0. The van der Waals surface area contributed by atoms with Crippen LogP contribution in [0.25, 0.3) is 10.9 Å². The second-order valence-corrected chi connectivity index (χ2v) is 3.78. The van der Waals surface area contributed by atoms with E-state index in [1.54, 1.807) is 6.07 Å². The van der Waals surface area contributed by atoms with E-state index in [0.29, 0.717) is 5.52 Å². The van der Waals surface area contributed by atoms with Crippen molar-refractivity contribution in [2.24, 2.45) is 0 Å². The van der Waals surface area contributed by atoms with Gasteiger partial charge < -0.3 is 5.73 Å². The van der Waals surface area contributed by atoms with Gasteiger partial charge >= 0.3 is 0 Å². The lowest BCUT2D eigenvalue weighted by atomic mass is 10.0. The van der Waals surface area contributed by atoms with Crippen molar-refractivity contribution in [2.45, 2.75) is 19.8 Å². The van der Waals surface area contributed by atoms with Gasteiger partial charge in [-0.2, -0.15) is 0 Å². The van der Waals surface area contributed by atoms with Gasteiger partial charge in [0.2, 0.25) is 5.95 Å². The minimum atomic E-state index is -0.310. The molecule has 0 atom stereocenters. The number of anilines is 1. The van der Waals surface area contributed by atoms with Gasteiger partial charge in [0.1, 0.15) is 5.82 Å². The molecule has 0 amide bonds. The van der Waals surface area contributed by atoms with Crippen molar-refractivity contribution in [3.05, 3.63) is 29.7 Å². The molecule has 0 fully saturated rings. The minimum Gasteiger partial charge on any atom is -0.368 e. The first kappa shape index (κ1) is 9.83. The Hall–Kier alpha value is -1.71. The smallest absolute Gasteiger partial charge is 0.220 e. The summed E-state index contributed by atoms with van der Waals surface area (Å²) in [6, 6.07) is 4.48. The molecule has 1 aromatic heterocycles. The number of benzene rings is 1. The van der Waals surface area contributed by atoms with Crippen LogP contribution in [0.3, 0.4) is 0 Å². The third-order valence-corrected chi connectivity index (χ3v) is 2.25. The maximum atomic E-state index is 13.0. The third kappa shape index (κ3) is 1.75. The number of nitrogens with two attached hydrogens (primary N) is 1. The molecule has 0 aliphatic rings. The fourth-order valence-electron chi connectivity index (χ4n) is 1.59. The van der Waals surface area contributed by atoms with Crippen molar-refractivity contribution in [1.82, 2.24) is 9.97 Å². The molecule has 0 saturated heterocycles. The number of rotatable bonds is 1. The number of nitrogens with zero attached hydrogens (tertiary/aromatic N) is 2. The van der Waals surface area contributed by atoms with Gasteiger partial charge in [-0.05, 0) is 18.1 Å². The van der Waals surface area contributed by atoms with Crippen LogP contribution in [0.1, 0.15) is 25.5 Å². The molecule has 2 aromatic rings. The van der Waals surface area contributed by atoms with Crippen LogP contribution in [-0.4, -0.2) is 9.97 Å². The zero-order valence-corrected chi connectivity index (χ0v) is 8.66. The standard InChI is InChI=1S/C11H12FN3/c1-6(2)10-8-4-3-7(12)5-9(8)14-11(13)15-10/h3-6H,1-2H3,(H2,13,14,15). The molecule has 3 nitrogen and oxygen atoms in total. The summed E-state index contributed by atoms with van der Waals surface area (Å²) in [5.74, 6) is 0.121. The first-order chi connectivity index (χ1) is 7.08.